The Balaban J connectivity index is 2.15. The van der Waals surface area contributed by atoms with E-state index in [1.807, 2.05) is 29.6 Å². The summed E-state index contributed by atoms with van der Waals surface area (Å²) in [5.41, 5.74) is 7.39. The lowest BCUT2D eigenvalue weighted by molar-refractivity contribution is 0.414. The highest BCUT2D eigenvalue weighted by Gasteiger charge is 2.13. The Bertz CT molecular complexity index is 556. The van der Waals surface area contributed by atoms with Gasteiger partial charge < -0.3 is 15.2 Å². The van der Waals surface area contributed by atoms with E-state index >= 15 is 0 Å². The zero-order chi connectivity index (χ0) is 13.8. The second-order valence-electron chi connectivity index (χ2n) is 4.16. The van der Waals surface area contributed by atoms with Gasteiger partial charge in [0, 0.05) is 20.8 Å². The van der Waals surface area contributed by atoms with Crippen molar-refractivity contribution in [3.63, 3.8) is 0 Å². The molecule has 19 heavy (non-hydrogen) atoms. The summed E-state index contributed by atoms with van der Waals surface area (Å²) in [5, 5.41) is 1.97. The molecule has 3 nitrogen and oxygen atoms in total. The summed E-state index contributed by atoms with van der Waals surface area (Å²) in [6.07, 6.45) is 0.751. The number of methoxy groups -OCH3 is 2. The van der Waals surface area contributed by atoms with Gasteiger partial charge in [0.05, 0.1) is 14.2 Å². The van der Waals surface area contributed by atoms with Gasteiger partial charge in [0.2, 0.25) is 0 Å². The van der Waals surface area contributed by atoms with Crippen molar-refractivity contribution in [1.29, 1.82) is 0 Å². The van der Waals surface area contributed by atoms with Gasteiger partial charge in [-0.05, 0) is 36.2 Å². The molecule has 2 aromatic rings. The maximum atomic E-state index is 6.25. The summed E-state index contributed by atoms with van der Waals surface area (Å²) in [5.74, 6) is 1.70. The summed E-state index contributed by atoms with van der Waals surface area (Å²) in [7, 11) is 3.33. The van der Waals surface area contributed by atoms with E-state index in [9.17, 15) is 0 Å². The van der Waals surface area contributed by atoms with Gasteiger partial charge >= 0.3 is 0 Å². The molecule has 0 saturated heterocycles. The number of hydrogen-bond acceptors (Lipinski definition) is 4. The fourth-order valence-corrected chi connectivity index (χ4v) is 3.08. The van der Waals surface area contributed by atoms with Crippen LogP contribution in [0.4, 0.5) is 0 Å². The number of rotatable bonds is 5. The van der Waals surface area contributed by atoms with Crippen molar-refractivity contribution in [2.75, 3.05) is 14.2 Å². The zero-order valence-electron chi connectivity index (χ0n) is 10.9. The Hall–Kier alpha value is -1.04. The van der Waals surface area contributed by atoms with Crippen LogP contribution in [-0.4, -0.2) is 14.2 Å². The molecule has 1 atom stereocenters. The number of nitrogens with two attached hydrogens (primary N) is 1. The summed E-state index contributed by atoms with van der Waals surface area (Å²) in [4.78, 5) is 1.12. The average Bonchev–Trinajstić information content (AvgIpc) is 2.90. The maximum Gasteiger partial charge on any atom is 0.129 e. The largest absolute Gasteiger partial charge is 0.497 e. The second-order valence-corrected chi connectivity index (χ2v) is 5.95. The van der Waals surface area contributed by atoms with Gasteiger partial charge in [-0.3, -0.25) is 0 Å². The number of hydrogen-bond donors (Lipinski definition) is 1. The number of halogens is 1. The molecular weight excluding hydrogens is 326 g/mol. The van der Waals surface area contributed by atoms with Crippen LogP contribution in [0.25, 0.3) is 0 Å². The van der Waals surface area contributed by atoms with E-state index in [1.54, 1.807) is 25.6 Å². The Morgan fingerprint density at radius 1 is 1.21 bits per heavy atom. The van der Waals surface area contributed by atoms with E-state index in [0.717, 1.165) is 32.8 Å². The van der Waals surface area contributed by atoms with Crippen LogP contribution in [0.5, 0.6) is 11.5 Å². The van der Waals surface area contributed by atoms with Crippen molar-refractivity contribution in [2.45, 2.75) is 12.5 Å². The van der Waals surface area contributed by atoms with Gasteiger partial charge in [-0.25, -0.2) is 0 Å². The predicted octanol–water partition coefficient (Wildman–Crippen LogP) is 3.77. The summed E-state index contributed by atoms with van der Waals surface area (Å²) in [6, 6.07) is 7.86. The summed E-state index contributed by atoms with van der Waals surface area (Å²) < 4.78 is 11.5. The van der Waals surface area contributed by atoms with Gasteiger partial charge in [0.25, 0.3) is 0 Å². The molecular formula is C14H16BrNO2S. The minimum absolute atomic E-state index is 0.0442. The van der Waals surface area contributed by atoms with Crippen LogP contribution in [0.1, 0.15) is 16.5 Å². The van der Waals surface area contributed by atoms with Gasteiger partial charge in [-0.1, -0.05) is 15.9 Å². The third-order valence-electron chi connectivity index (χ3n) is 2.89. The standard InChI is InChI=1S/C14H16BrNO2S/c1-17-10-3-4-12(15)9(5-10)6-13(16)14-7-11(18-2)8-19-14/h3-5,7-8,13H,6,16H2,1-2H3. The van der Waals surface area contributed by atoms with Gasteiger partial charge in [0.15, 0.2) is 0 Å². The highest BCUT2D eigenvalue weighted by atomic mass is 79.9. The van der Waals surface area contributed by atoms with E-state index < -0.39 is 0 Å². The Kier molecular flexibility index (Phi) is 4.85. The normalized spacial score (nSPS) is 12.2. The van der Waals surface area contributed by atoms with Crippen molar-refractivity contribution in [3.8, 4) is 11.5 Å². The smallest absolute Gasteiger partial charge is 0.129 e. The van der Waals surface area contributed by atoms with Crippen molar-refractivity contribution in [3.05, 3.63) is 44.6 Å². The van der Waals surface area contributed by atoms with Crippen LogP contribution in [-0.2, 0) is 6.42 Å². The van der Waals surface area contributed by atoms with Gasteiger partial charge in [-0.2, -0.15) is 0 Å². The fourth-order valence-electron chi connectivity index (χ4n) is 1.81. The average molecular weight is 342 g/mol. The molecule has 0 fully saturated rings. The van der Waals surface area contributed by atoms with Crippen molar-refractivity contribution in [2.24, 2.45) is 5.73 Å². The van der Waals surface area contributed by atoms with Gasteiger partial charge in [-0.15, -0.1) is 11.3 Å². The van der Waals surface area contributed by atoms with E-state index in [-0.39, 0.29) is 6.04 Å². The molecule has 1 unspecified atom stereocenters. The number of benzene rings is 1. The van der Waals surface area contributed by atoms with Crippen LogP contribution < -0.4 is 15.2 Å². The highest BCUT2D eigenvalue weighted by molar-refractivity contribution is 9.10. The molecule has 0 aliphatic rings. The summed E-state index contributed by atoms with van der Waals surface area (Å²) in [6.45, 7) is 0. The minimum Gasteiger partial charge on any atom is -0.497 e. The molecule has 1 aromatic carbocycles. The van der Waals surface area contributed by atoms with Crippen LogP contribution in [0, 0.1) is 0 Å². The second kappa shape index (κ2) is 6.41. The Morgan fingerprint density at radius 3 is 2.58 bits per heavy atom. The molecule has 1 heterocycles. The molecule has 0 radical (unpaired) electrons. The highest BCUT2D eigenvalue weighted by Crippen LogP contribution is 2.30. The fraction of sp³-hybridized carbons (Fsp3) is 0.286. The lowest BCUT2D eigenvalue weighted by Gasteiger charge is -2.12. The zero-order valence-corrected chi connectivity index (χ0v) is 13.3. The summed E-state index contributed by atoms with van der Waals surface area (Å²) >= 11 is 5.17. The maximum absolute atomic E-state index is 6.25. The molecule has 2 rings (SSSR count). The third-order valence-corrected chi connectivity index (χ3v) is 4.71. The number of thiophene rings is 1. The first-order chi connectivity index (χ1) is 9.13. The molecule has 0 saturated carbocycles. The van der Waals surface area contributed by atoms with E-state index in [4.69, 9.17) is 15.2 Å². The Labute approximate surface area is 125 Å². The van der Waals surface area contributed by atoms with E-state index in [0.29, 0.717) is 0 Å². The minimum atomic E-state index is -0.0442. The molecule has 102 valence electrons. The van der Waals surface area contributed by atoms with E-state index in [2.05, 4.69) is 15.9 Å². The van der Waals surface area contributed by atoms with Crippen LogP contribution in [0.3, 0.4) is 0 Å². The molecule has 0 bridgehead atoms. The lowest BCUT2D eigenvalue weighted by atomic mass is 10.1. The van der Waals surface area contributed by atoms with Crippen LogP contribution in [0.2, 0.25) is 0 Å². The molecule has 0 spiro atoms. The van der Waals surface area contributed by atoms with Crippen molar-refractivity contribution in [1.82, 2.24) is 0 Å². The topological polar surface area (TPSA) is 44.5 Å². The van der Waals surface area contributed by atoms with E-state index in [1.165, 1.54) is 0 Å². The molecule has 0 aliphatic heterocycles. The molecule has 0 aliphatic carbocycles. The van der Waals surface area contributed by atoms with Crippen LogP contribution >= 0.6 is 27.3 Å². The first kappa shape index (κ1) is 14.4. The first-order valence-corrected chi connectivity index (χ1v) is 7.51. The van der Waals surface area contributed by atoms with Crippen molar-refractivity contribution >= 4 is 27.3 Å². The Morgan fingerprint density at radius 2 is 1.95 bits per heavy atom. The quantitative estimate of drug-likeness (QED) is 0.900. The SMILES string of the molecule is COc1csc(C(N)Cc2cc(OC)ccc2Br)c1. The molecule has 5 heteroatoms. The van der Waals surface area contributed by atoms with Gasteiger partial charge in [0.1, 0.15) is 11.5 Å². The third kappa shape index (κ3) is 3.49. The molecule has 2 N–H and O–H groups in total. The first-order valence-electron chi connectivity index (χ1n) is 5.84. The van der Waals surface area contributed by atoms with Crippen LogP contribution in [0.15, 0.2) is 34.1 Å². The monoisotopic (exact) mass is 341 g/mol. The molecule has 1 aromatic heterocycles. The number of ether oxygens (including phenoxy) is 2. The predicted molar refractivity (Wildman–Crippen MR) is 82.2 cm³/mol. The lowest BCUT2D eigenvalue weighted by Crippen LogP contribution is -2.12. The molecule has 0 amide bonds. The van der Waals surface area contributed by atoms with Crippen molar-refractivity contribution < 1.29 is 9.47 Å².